The van der Waals surface area contributed by atoms with Gasteiger partial charge in [0.05, 0.1) is 25.4 Å². The van der Waals surface area contributed by atoms with Crippen LogP contribution in [0.2, 0.25) is 0 Å². The minimum Gasteiger partial charge on any atom is -0.466 e. The molecule has 0 aliphatic rings. The summed E-state index contributed by atoms with van der Waals surface area (Å²) in [5.41, 5.74) is 0. The second-order valence-corrected chi connectivity index (χ2v) is 23.5. The topological polar surface area (TPSA) is 95.9 Å². The fourth-order valence-corrected chi connectivity index (χ4v) is 10.5. The average molecular weight is 1080 g/mol. The van der Waals surface area contributed by atoms with Crippen molar-refractivity contribution in [1.82, 2.24) is 5.32 Å². The van der Waals surface area contributed by atoms with Crippen LogP contribution in [0.25, 0.3) is 0 Å². The van der Waals surface area contributed by atoms with Crippen molar-refractivity contribution in [3.05, 3.63) is 48.6 Å². The number of allylic oxidation sites excluding steroid dienone is 7. The highest BCUT2D eigenvalue weighted by atomic mass is 16.5. The van der Waals surface area contributed by atoms with E-state index >= 15 is 0 Å². The van der Waals surface area contributed by atoms with Crippen LogP contribution in [-0.2, 0) is 14.3 Å². The maximum Gasteiger partial charge on any atom is 0.305 e. The monoisotopic (exact) mass is 1080 g/mol. The molecule has 6 nitrogen and oxygen atoms in total. The lowest BCUT2D eigenvalue weighted by molar-refractivity contribution is -0.143. The molecule has 0 radical (unpaired) electrons. The van der Waals surface area contributed by atoms with Crippen LogP contribution in [-0.4, -0.2) is 47.4 Å². The molecule has 2 unspecified atom stereocenters. The third-order valence-corrected chi connectivity index (χ3v) is 15.8. The Morgan fingerprint density at radius 3 is 1.03 bits per heavy atom. The van der Waals surface area contributed by atoms with Gasteiger partial charge in [0.15, 0.2) is 0 Å². The van der Waals surface area contributed by atoms with E-state index < -0.39 is 12.1 Å². The number of aliphatic hydroxyl groups excluding tert-OH is 2. The molecule has 0 aliphatic heterocycles. The molecule has 0 aromatic rings. The van der Waals surface area contributed by atoms with Crippen LogP contribution in [0.3, 0.4) is 0 Å². The summed E-state index contributed by atoms with van der Waals surface area (Å²) in [6.45, 7) is 4.88. The Labute approximate surface area is 480 Å². The van der Waals surface area contributed by atoms with Crippen LogP contribution >= 0.6 is 0 Å². The summed E-state index contributed by atoms with van der Waals surface area (Å²) < 4.78 is 5.49. The fourth-order valence-electron chi connectivity index (χ4n) is 10.5. The van der Waals surface area contributed by atoms with Crippen molar-refractivity contribution in [2.45, 2.75) is 379 Å². The van der Waals surface area contributed by atoms with E-state index in [0.29, 0.717) is 19.4 Å². The molecular formula is C71H133NO5. The molecule has 0 fully saturated rings. The van der Waals surface area contributed by atoms with Crippen molar-refractivity contribution >= 4 is 11.9 Å². The summed E-state index contributed by atoms with van der Waals surface area (Å²) in [5, 5.41) is 23.3. The van der Waals surface area contributed by atoms with Gasteiger partial charge in [-0.1, -0.05) is 313 Å². The number of esters is 1. The second kappa shape index (κ2) is 66.3. The Hall–Kier alpha value is -2.18. The summed E-state index contributed by atoms with van der Waals surface area (Å²) in [5.74, 6) is -0.0893. The van der Waals surface area contributed by atoms with Crippen molar-refractivity contribution in [2.24, 2.45) is 0 Å². The van der Waals surface area contributed by atoms with Gasteiger partial charge < -0.3 is 20.3 Å². The maximum atomic E-state index is 12.5. The van der Waals surface area contributed by atoms with Gasteiger partial charge in [0, 0.05) is 12.8 Å². The zero-order valence-electron chi connectivity index (χ0n) is 51.7. The van der Waals surface area contributed by atoms with Crippen molar-refractivity contribution in [1.29, 1.82) is 0 Å². The molecule has 0 aliphatic carbocycles. The van der Waals surface area contributed by atoms with Gasteiger partial charge in [0.1, 0.15) is 0 Å². The average Bonchev–Trinajstić information content (AvgIpc) is 3.43. The lowest BCUT2D eigenvalue weighted by atomic mass is 10.0. The highest BCUT2D eigenvalue weighted by Gasteiger charge is 2.18. The molecule has 0 aromatic heterocycles. The van der Waals surface area contributed by atoms with Crippen molar-refractivity contribution in [2.75, 3.05) is 13.2 Å². The lowest BCUT2D eigenvalue weighted by Crippen LogP contribution is -2.45. The van der Waals surface area contributed by atoms with Crippen LogP contribution in [0, 0.1) is 0 Å². The summed E-state index contributed by atoms with van der Waals surface area (Å²) in [7, 11) is 0. The molecule has 0 spiro atoms. The molecule has 0 aromatic carbocycles. The Morgan fingerprint density at radius 2 is 0.649 bits per heavy atom. The number of unbranched alkanes of at least 4 members (excludes halogenated alkanes) is 47. The van der Waals surface area contributed by atoms with Crippen LogP contribution in [0.15, 0.2) is 48.6 Å². The number of nitrogens with one attached hydrogen (secondary N) is 1. The maximum absolute atomic E-state index is 12.5. The van der Waals surface area contributed by atoms with Gasteiger partial charge in [-0.2, -0.15) is 0 Å². The molecule has 0 heterocycles. The number of amides is 1. The molecule has 77 heavy (non-hydrogen) atoms. The standard InChI is InChI=1S/C71H133NO5/c1-3-5-7-9-11-13-15-17-19-21-23-24-25-26-27-28-30-31-35-39-43-47-51-55-59-63-69(74)68(67-73)72-70(75)64-60-56-52-48-44-40-36-33-34-38-42-46-50-54-58-62-66-77-71(76)65-61-57-53-49-45-41-37-32-29-22-20-18-16-14-12-10-8-6-4-2/h12,14,18,20,33,36,59,63,68-69,73-74H,3-11,13,15-17,19,21-32,34-35,37-58,60-62,64-67H2,1-2H3,(H,72,75)/b14-12-,20-18-,36-33-,63-59+. The van der Waals surface area contributed by atoms with Crippen LogP contribution < -0.4 is 5.32 Å². The number of hydrogen-bond acceptors (Lipinski definition) is 5. The van der Waals surface area contributed by atoms with E-state index in [2.05, 4.69) is 55.6 Å². The zero-order chi connectivity index (χ0) is 55.7. The van der Waals surface area contributed by atoms with Gasteiger partial charge in [-0.25, -0.2) is 0 Å². The number of carbonyl (C=O) groups excluding carboxylic acids is 2. The number of ether oxygens (including phenoxy) is 1. The smallest absolute Gasteiger partial charge is 0.305 e. The number of rotatable bonds is 64. The molecule has 3 N–H and O–H groups in total. The highest BCUT2D eigenvalue weighted by molar-refractivity contribution is 5.76. The first-order chi connectivity index (χ1) is 38.0. The fraction of sp³-hybridized carbons (Fsp3) is 0.859. The Balaban J connectivity index is 3.48. The zero-order valence-corrected chi connectivity index (χ0v) is 51.7. The first kappa shape index (κ1) is 74.8. The van der Waals surface area contributed by atoms with E-state index in [0.717, 1.165) is 70.6 Å². The van der Waals surface area contributed by atoms with Crippen molar-refractivity contribution < 1.29 is 24.5 Å². The van der Waals surface area contributed by atoms with Crippen LogP contribution in [0.1, 0.15) is 367 Å². The molecule has 452 valence electrons. The van der Waals surface area contributed by atoms with Crippen molar-refractivity contribution in [3.8, 4) is 0 Å². The number of carbonyl (C=O) groups is 2. The largest absolute Gasteiger partial charge is 0.466 e. The van der Waals surface area contributed by atoms with Gasteiger partial charge in [0.25, 0.3) is 0 Å². The van der Waals surface area contributed by atoms with E-state index in [4.69, 9.17) is 4.74 Å². The third kappa shape index (κ3) is 62.9. The summed E-state index contributed by atoms with van der Waals surface area (Å²) in [6.07, 6.45) is 86.0. The molecule has 6 heteroatoms. The number of aliphatic hydroxyl groups is 2. The number of hydrogen-bond donors (Lipinski definition) is 3. The predicted molar refractivity (Wildman–Crippen MR) is 338 cm³/mol. The van der Waals surface area contributed by atoms with Gasteiger partial charge in [0.2, 0.25) is 5.91 Å². The second-order valence-electron chi connectivity index (χ2n) is 23.5. The van der Waals surface area contributed by atoms with Gasteiger partial charge in [-0.05, 0) is 89.9 Å². The quantitative estimate of drug-likeness (QED) is 0.0320. The molecule has 0 saturated heterocycles. The molecule has 2 atom stereocenters. The first-order valence-corrected chi connectivity index (χ1v) is 34.4. The van der Waals surface area contributed by atoms with E-state index in [1.165, 1.54) is 270 Å². The minimum atomic E-state index is -0.858. The van der Waals surface area contributed by atoms with E-state index in [1.807, 2.05) is 6.08 Å². The van der Waals surface area contributed by atoms with Crippen molar-refractivity contribution in [3.63, 3.8) is 0 Å². The third-order valence-electron chi connectivity index (χ3n) is 15.8. The molecule has 1 amide bonds. The first-order valence-electron chi connectivity index (χ1n) is 34.4. The molecule has 0 rings (SSSR count). The predicted octanol–water partition coefficient (Wildman–Crippen LogP) is 22.1. The Bertz CT molecular complexity index is 1290. The van der Waals surface area contributed by atoms with Gasteiger partial charge in [-0.3, -0.25) is 9.59 Å². The van der Waals surface area contributed by atoms with E-state index in [9.17, 15) is 19.8 Å². The summed E-state index contributed by atoms with van der Waals surface area (Å²) in [4.78, 5) is 24.6. The Morgan fingerprint density at radius 1 is 0.364 bits per heavy atom. The van der Waals surface area contributed by atoms with Crippen LogP contribution in [0.4, 0.5) is 0 Å². The molecule has 0 bridgehead atoms. The van der Waals surface area contributed by atoms with Crippen LogP contribution in [0.5, 0.6) is 0 Å². The SMILES string of the molecule is CCCCC/C=C\C/C=C\CCCCCCCCCCCC(=O)OCCCCCCCCC/C=C\CCCCCCCC(=O)NC(CO)C(O)/C=C/CCCCCCCCCCCCCCCCCCCCCCCCC. The highest BCUT2D eigenvalue weighted by Crippen LogP contribution is 2.18. The summed E-state index contributed by atoms with van der Waals surface area (Å²) in [6, 6.07) is -0.643. The van der Waals surface area contributed by atoms with E-state index in [-0.39, 0.29) is 18.5 Å². The van der Waals surface area contributed by atoms with Gasteiger partial charge >= 0.3 is 5.97 Å². The minimum absolute atomic E-state index is 0.00716. The molecular weight excluding hydrogens is 947 g/mol. The summed E-state index contributed by atoms with van der Waals surface area (Å²) >= 11 is 0. The normalized spacial score (nSPS) is 12.8. The lowest BCUT2D eigenvalue weighted by Gasteiger charge is -2.20. The van der Waals surface area contributed by atoms with E-state index in [1.54, 1.807) is 6.08 Å². The van der Waals surface area contributed by atoms with Gasteiger partial charge in [-0.15, -0.1) is 0 Å². The Kier molecular flexibility index (Phi) is 64.5. The molecule has 0 saturated carbocycles.